The molecule has 0 aliphatic rings. The minimum atomic E-state index is -4.41. The Hall–Kier alpha value is -1.84. The van der Waals surface area contributed by atoms with Gasteiger partial charge in [-0.1, -0.05) is 107 Å². The molecule has 0 aromatic heterocycles. The quantitative estimate of drug-likeness (QED) is 0.0372. The first-order valence-electron chi connectivity index (χ1n) is 16.0. The van der Waals surface area contributed by atoms with Crippen LogP contribution in [0.15, 0.2) is 60.8 Å². The molecule has 6 N–H and O–H groups in total. The molecule has 4 unspecified atom stereocenters. The lowest BCUT2D eigenvalue weighted by atomic mass is 10.1. The zero-order valence-corrected chi connectivity index (χ0v) is 27.4. The molecule has 248 valence electrons. The van der Waals surface area contributed by atoms with Crippen molar-refractivity contribution < 1.29 is 33.5 Å². The van der Waals surface area contributed by atoms with Gasteiger partial charge < -0.3 is 26.2 Å². The van der Waals surface area contributed by atoms with E-state index in [9.17, 15) is 24.5 Å². The Morgan fingerprint density at radius 1 is 0.814 bits per heavy atom. The summed E-state index contributed by atoms with van der Waals surface area (Å²) in [7, 11) is -4.41. The van der Waals surface area contributed by atoms with E-state index in [0.717, 1.165) is 32.1 Å². The third-order valence-corrected chi connectivity index (χ3v) is 7.35. The third kappa shape index (κ3) is 27.4. The highest BCUT2D eigenvalue weighted by atomic mass is 31.2. The lowest BCUT2D eigenvalue weighted by Crippen LogP contribution is -2.46. The maximum Gasteiger partial charge on any atom is 0.472 e. The fraction of sp³-hybridized carbons (Fsp3) is 0.667. The number of nitrogens with two attached hydrogens (primary N) is 1. The number of unbranched alkanes of at least 4 members (excludes halogenated alkanes) is 8. The van der Waals surface area contributed by atoms with Crippen LogP contribution in [0.5, 0.6) is 0 Å². The summed E-state index contributed by atoms with van der Waals surface area (Å²) >= 11 is 0. The molecule has 0 heterocycles. The van der Waals surface area contributed by atoms with Crippen molar-refractivity contribution in [3.63, 3.8) is 0 Å². The first-order valence-corrected chi connectivity index (χ1v) is 17.5. The number of allylic oxidation sites excluding steroid dienone is 8. The summed E-state index contributed by atoms with van der Waals surface area (Å²) in [5.74, 6) is -0.535. The smallest absolute Gasteiger partial charge is 0.389 e. The number of hydrogen-bond acceptors (Lipinski definition) is 7. The molecular weight excluding hydrogens is 567 g/mol. The Labute approximate surface area is 260 Å². The number of carbonyl (C=O) groups is 1. The van der Waals surface area contributed by atoms with Gasteiger partial charge in [0.05, 0.1) is 37.9 Å². The van der Waals surface area contributed by atoms with E-state index in [1.54, 1.807) is 18.2 Å². The Balaban J connectivity index is 4.75. The summed E-state index contributed by atoms with van der Waals surface area (Å²) in [5.41, 5.74) is 5.31. The van der Waals surface area contributed by atoms with Crippen LogP contribution in [-0.2, 0) is 18.4 Å². The van der Waals surface area contributed by atoms with Gasteiger partial charge in [-0.25, -0.2) is 4.57 Å². The maximum absolute atomic E-state index is 12.6. The van der Waals surface area contributed by atoms with Crippen molar-refractivity contribution in [3.05, 3.63) is 60.8 Å². The van der Waals surface area contributed by atoms with Gasteiger partial charge in [-0.2, -0.15) is 0 Å². The number of phosphoric acid groups is 1. The molecule has 0 saturated carbocycles. The lowest BCUT2D eigenvalue weighted by Gasteiger charge is -2.23. The number of phosphoric ester groups is 1. The molecule has 0 aliphatic carbocycles. The van der Waals surface area contributed by atoms with Crippen LogP contribution in [0.3, 0.4) is 0 Å². The van der Waals surface area contributed by atoms with E-state index in [0.29, 0.717) is 12.8 Å². The predicted molar refractivity (Wildman–Crippen MR) is 176 cm³/mol. The second-order valence-corrected chi connectivity index (χ2v) is 11.9. The van der Waals surface area contributed by atoms with Crippen molar-refractivity contribution in [2.75, 3.05) is 19.8 Å². The van der Waals surface area contributed by atoms with E-state index >= 15 is 0 Å². The molecule has 0 aliphatic heterocycles. The van der Waals surface area contributed by atoms with Crippen molar-refractivity contribution in [2.24, 2.45) is 5.73 Å². The third-order valence-electron chi connectivity index (χ3n) is 6.37. The summed E-state index contributed by atoms with van der Waals surface area (Å²) in [6.07, 6.45) is 30.7. The van der Waals surface area contributed by atoms with Gasteiger partial charge in [0, 0.05) is 6.54 Å². The molecule has 0 rings (SSSR count). The van der Waals surface area contributed by atoms with Gasteiger partial charge in [0.15, 0.2) is 0 Å². The summed E-state index contributed by atoms with van der Waals surface area (Å²) in [6.45, 7) is 3.69. The molecule has 0 aromatic rings. The van der Waals surface area contributed by atoms with Crippen LogP contribution in [0, 0.1) is 0 Å². The van der Waals surface area contributed by atoms with E-state index in [4.69, 9.17) is 14.8 Å². The predicted octanol–water partition coefficient (Wildman–Crippen LogP) is 6.57. The second-order valence-electron chi connectivity index (χ2n) is 10.4. The molecule has 0 bridgehead atoms. The van der Waals surface area contributed by atoms with E-state index in [2.05, 4.69) is 49.5 Å². The Bertz CT molecular complexity index is 873. The van der Waals surface area contributed by atoms with E-state index in [1.807, 2.05) is 6.08 Å². The molecule has 0 fully saturated rings. The number of rotatable bonds is 28. The van der Waals surface area contributed by atoms with Crippen LogP contribution in [0.2, 0.25) is 0 Å². The molecular formula is C33H59N2O7P. The molecule has 9 nitrogen and oxygen atoms in total. The number of aliphatic hydroxyl groups excluding tert-OH is 2. The first kappa shape index (κ1) is 41.2. The van der Waals surface area contributed by atoms with Crippen LogP contribution >= 0.6 is 7.82 Å². The summed E-state index contributed by atoms with van der Waals surface area (Å²) in [5, 5.41) is 23.5. The number of carbonyl (C=O) groups excluding carboxylic acids is 1. The molecule has 10 heteroatoms. The van der Waals surface area contributed by atoms with Gasteiger partial charge in [-0.15, -0.1) is 0 Å². The summed E-state index contributed by atoms with van der Waals surface area (Å²) in [6, 6.07) is -1.03. The van der Waals surface area contributed by atoms with Crippen molar-refractivity contribution in [1.82, 2.24) is 5.32 Å². The minimum Gasteiger partial charge on any atom is -0.389 e. The fourth-order valence-electron chi connectivity index (χ4n) is 3.97. The highest BCUT2D eigenvalue weighted by Crippen LogP contribution is 2.43. The number of amides is 1. The fourth-order valence-corrected chi connectivity index (χ4v) is 4.73. The van der Waals surface area contributed by atoms with Gasteiger partial charge in [0.2, 0.25) is 5.91 Å². The average molecular weight is 627 g/mol. The average Bonchev–Trinajstić information content (AvgIpc) is 2.97. The Kier molecular flexibility index (Phi) is 27.7. The van der Waals surface area contributed by atoms with Crippen LogP contribution in [0.1, 0.15) is 104 Å². The Morgan fingerprint density at radius 2 is 1.44 bits per heavy atom. The topological polar surface area (TPSA) is 151 Å². The molecule has 0 radical (unpaired) electrons. The van der Waals surface area contributed by atoms with E-state index in [-0.39, 0.29) is 19.6 Å². The lowest BCUT2D eigenvalue weighted by molar-refractivity contribution is -0.124. The molecule has 4 atom stereocenters. The van der Waals surface area contributed by atoms with Gasteiger partial charge in [0.25, 0.3) is 0 Å². The monoisotopic (exact) mass is 626 g/mol. The van der Waals surface area contributed by atoms with Crippen molar-refractivity contribution in [1.29, 1.82) is 0 Å². The van der Waals surface area contributed by atoms with Gasteiger partial charge in [-0.05, 0) is 51.4 Å². The zero-order valence-electron chi connectivity index (χ0n) is 26.5. The molecule has 0 spiro atoms. The number of hydrogen-bond donors (Lipinski definition) is 5. The molecule has 0 aromatic carbocycles. The van der Waals surface area contributed by atoms with Crippen molar-refractivity contribution >= 4 is 13.7 Å². The first-order chi connectivity index (χ1) is 20.8. The van der Waals surface area contributed by atoms with E-state index < -0.39 is 38.6 Å². The normalized spacial score (nSPS) is 16.1. The van der Waals surface area contributed by atoms with Gasteiger partial charge in [0.1, 0.15) is 0 Å². The van der Waals surface area contributed by atoms with Crippen molar-refractivity contribution in [2.45, 2.75) is 122 Å². The van der Waals surface area contributed by atoms with Gasteiger partial charge >= 0.3 is 7.82 Å². The molecule has 0 saturated heterocycles. The maximum atomic E-state index is 12.6. The second kappa shape index (κ2) is 28.9. The molecule has 1 amide bonds. The summed E-state index contributed by atoms with van der Waals surface area (Å²) < 4.78 is 21.8. The minimum absolute atomic E-state index is 0.0314. The zero-order chi connectivity index (χ0) is 32.0. The standard InChI is InChI=1S/C33H59N2O7P/c1-3-5-7-9-11-13-15-16-18-20-22-24-30(36)28-33(38)35-31(29-42-43(39,40)41-27-26-34)32(37)25-23-21-19-17-14-12-10-8-6-4-2/h6,8,14,16-18,22-25,30-32,36-37H,3-5,7,9-13,15,19-21,26-29,34H2,1-2H3,(H,35,38)(H,39,40)/b8-6+,17-14+,18-16-,24-22-,25-23+. The van der Waals surface area contributed by atoms with Crippen molar-refractivity contribution in [3.8, 4) is 0 Å². The highest BCUT2D eigenvalue weighted by Gasteiger charge is 2.27. The van der Waals surface area contributed by atoms with Crippen LogP contribution in [0.4, 0.5) is 0 Å². The van der Waals surface area contributed by atoms with Crippen LogP contribution in [0.25, 0.3) is 0 Å². The van der Waals surface area contributed by atoms with Crippen LogP contribution < -0.4 is 11.1 Å². The Morgan fingerprint density at radius 3 is 2.12 bits per heavy atom. The van der Waals surface area contributed by atoms with Gasteiger partial charge in [-0.3, -0.25) is 13.8 Å². The van der Waals surface area contributed by atoms with Crippen LogP contribution in [-0.4, -0.2) is 59.0 Å². The largest absolute Gasteiger partial charge is 0.472 e. The molecule has 43 heavy (non-hydrogen) atoms. The SMILES string of the molecule is CC/C=C/CC/C=C/CC/C=C/C(O)C(COP(=O)(O)OCCN)NC(=O)CC(O)/C=C\C/C=C\CCCCCCCC. The summed E-state index contributed by atoms with van der Waals surface area (Å²) in [4.78, 5) is 22.4. The number of aliphatic hydroxyl groups is 2. The van der Waals surface area contributed by atoms with E-state index in [1.165, 1.54) is 44.6 Å². The number of nitrogens with one attached hydrogen (secondary N) is 1. The highest BCUT2D eigenvalue weighted by molar-refractivity contribution is 7.47.